The summed E-state index contributed by atoms with van der Waals surface area (Å²) in [7, 11) is 4.62. The van der Waals surface area contributed by atoms with Gasteiger partial charge in [0, 0.05) is 29.0 Å². The third-order valence-corrected chi connectivity index (χ3v) is 4.27. The average molecular weight is 354 g/mol. The van der Waals surface area contributed by atoms with Crippen LogP contribution in [0.1, 0.15) is 5.69 Å². The Kier molecular flexibility index (Phi) is 5.02. The zero-order valence-corrected chi connectivity index (χ0v) is 15.3. The monoisotopic (exact) mass is 354 g/mol. The molecule has 3 aromatic rings. The summed E-state index contributed by atoms with van der Waals surface area (Å²) in [6.07, 6.45) is 0. The molecule has 26 heavy (non-hydrogen) atoms. The van der Waals surface area contributed by atoms with Gasteiger partial charge in [-0.3, -0.25) is 4.79 Å². The number of hydrogen-bond acceptors (Lipinski definition) is 4. The molecule has 0 saturated heterocycles. The van der Waals surface area contributed by atoms with Crippen molar-refractivity contribution in [3.05, 3.63) is 48.2 Å². The van der Waals surface area contributed by atoms with Crippen molar-refractivity contribution in [2.24, 2.45) is 0 Å². The molecule has 0 fully saturated rings. The number of carbonyl (C=O) groups excluding carboxylic acids is 1. The molecule has 1 heterocycles. The Labute approximate surface area is 152 Å². The highest BCUT2D eigenvalue weighted by Gasteiger charge is 2.15. The number of fused-ring (bicyclic) bond motifs is 1. The first-order chi connectivity index (χ1) is 12.6. The van der Waals surface area contributed by atoms with E-state index in [1.807, 2.05) is 35.8 Å². The molecule has 0 aliphatic rings. The molecule has 0 aliphatic heterocycles. The lowest BCUT2D eigenvalue weighted by molar-refractivity contribution is -0.116. The quantitative estimate of drug-likeness (QED) is 0.734. The molecule has 1 amide bonds. The normalized spacial score (nSPS) is 10.6. The average Bonchev–Trinajstić information content (AvgIpc) is 2.96. The lowest BCUT2D eigenvalue weighted by Gasteiger charge is -2.15. The minimum absolute atomic E-state index is 0.135. The highest BCUT2D eigenvalue weighted by molar-refractivity contribution is 5.93. The lowest BCUT2D eigenvalue weighted by atomic mass is 10.2. The molecule has 0 bridgehead atoms. The van der Waals surface area contributed by atoms with Crippen molar-refractivity contribution in [2.45, 2.75) is 13.5 Å². The van der Waals surface area contributed by atoms with E-state index in [-0.39, 0.29) is 12.5 Å². The predicted octanol–water partition coefficient (Wildman–Crippen LogP) is 3.61. The maximum Gasteiger partial charge on any atom is 0.244 e. The van der Waals surface area contributed by atoms with Crippen LogP contribution in [0.25, 0.3) is 10.9 Å². The zero-order valence-electron chi connectivity index (χ0n) is 15.3. The number of carbonyl (C=O) groups is 1. The maximum atomic E-state index is 12.6. The smallest absolute Gasteiger partial charge is 0.244 e. The number of anilines is 1. The molecular weight excluding hydrogens is 332 g/mol. The largest absolute Gasteiger partial charge is 0.493 e. The number of rotatable bonds is 6. The van der Waals surface area contributed by atoms with Gasteiger partial charge in [0.25, 0.3) is 0 Å². The Balaban J connectivity index is 1.85. The third-order valence-electron chi connectivity index (χ3n) is 4.27. The van der Waals surface area contributed by atoms with Crippen LogP contribution in [0, 0.1) is 6.92 Å². The molecule has 2 aromatic carbocycles. The van der Waals surface area contributed by atoms with Gasteiger partial charge < -0.3 is 24.1 Å². The first-order valence-electron chi connectivity index (χ1n) is 8.22. The van der Waals surface area contributed by atoms with Crippen molar-refractivity contribution in [3.8, 4) is 17.2 Å². The van der Waals surface area contributed by atoms with E-state index < -0.39 is 0 Å². The molecule has 6 nitrogen and oxygen atoms in total. The van der Waals surface area contributed by atoms with Crippen LogP contribution in [0.15, 0.2) is 42.5 Å². The van der Waals surface area contributed by atoms with Gasteiger partial charge in [-0.2, -0.15) is 0 Å². The molecule has 3 rings (SSSR count). The molecule has 0 unspecified atom stereocenters. The summed E-state index contributed by atoms with van der Waals surface area (Å²) in [5.74, 6) is 1.33. The summed E-state index contributed by atoms with van der Waals surface area (Å²) in [6, 6.07) is 13.5. The summed E-state index contributed by atoms with van der Waals surface area (Å²) in [4.78, 5) is 12.6. The third kappa shape index (κ3) is 3.31. The van der Waals surface area contributed by atoms with Crippen molar-refractivity contribution in [3.63, 3.8) is 0 Å². The minimum Gasteiger partial charge on any atom is -0.493 e. The number of aromatic nitrogens is 1. The Bertz CT molecular complexity index is 921. The summed E-state index contributed by atoms with van der Waals surface area (Å²) in [5, 5.41) is 4.01. The van der Waals surface area contributed by atoms with Crippen molar-refractivity contribution in [1.82, 2.24) is 4.57 Å². The fourth-order valence-corrected chi connectivity index (χ4v) is 3.06. The molecule has 0 saturated carbocycles. The first-order valence-corrected chi connectivity index (χ1v) is 8.22. The first kappa shape index (κ1) is 17.7. The zero-order chi connectivity index (χ0) is 18.7. The highest BCUT2D eigenvalue weighted by atomic mass is 16.5. The van der Waals surface area contributed by atoms with Crippen molar-refractivity contribution in [1.29, 1.82) is 0 Å². The molecule has 136 valence electrons. The Morgan fingerprint density at radius 1 is 1.00 bits per heavy atom. The van der Waals surface area contributed by atoms with E-state index in [1.165, 1.54) is 14.2 Å². The topological polar surface area (TPSA) is 61.7 Å². The van der Waals surface area contributed by atoms with Crippen LogP contribution in [-0.4, -0.2) is 31.8 Å². The number of aryl methyl sites for hydroxylation is 1. The van der Waals surface area contributed by atoms with Crippen LogP contribution in [-0.2, 0) is 11.3 Å². The van der Waals surface area contributed by atoms with Crippen LogP contribution in [0.2, 0.25) is 0 Å². The van der Waals surface area contributed by atoms with E-state index in [4.69, 9.17) is 14.2 Å². The van der Waals surface area contributed by atoms with Gasteiger partial charge in [0.15, 0.2) is 11.5 Å². The lowest BCUT2D eigenvalue weighted by Crippen LogP contribution is -2.19. The van der Waals surface area contributed by atoms with Crippen LogP contribution < -0.4 is 19.5 Å². The van der Waals surface area contributed by atoms with E-state index in [1.54, 1.807) is 19.2 Å². The Morgan fingerprint density at radius 3 is 2.27 bits per heavy atom. The van der Waals surface area contributed by atoms with E-state index in [9.17, 15) is 4.79 Å². The maximum absolute atomic E-state index is 12.6. The van der Waals surface area contributed by atoms with Crippen LogP contribution in [0.4, 0.5) is 5.69 Å². The van der Waals surface area contributed by atoms with Gasteiger partial charge in [0.05, 0.1) is 21.3 Å². The van der Waals surface area contributed by atoms with Gasteiger partial charge in [0.1, 0.15) is 6.54 Å². The number of nitrogens with one attached hydrogen (secondary N) is 1. The number of nitrogens with zero attached hydrogens (tertiary/aromatic N) is 1. The fraction of sp³-hybridized carbons (Fsp3) is 0.250. The van der Waals surface area contributed by atoms with Gasteiger partial charge in [-0.25, -0.2) is 0 Å². The van der Waals surface area contributed by atoms with Crippen molar-refractivity contribution in [2.75, 3.05) is 26.6 Å². The fourth-order valence-electron chi connectivity index (χ4n) is 3.06. The molecule has 0 atom stereocenters. The number of hydrogen-bond donors (Lipinski definition) is 1. The number of benzene rings is 2. The molecule has 1 N–H and O–H groups in total. The molecule has 1 aromatic heterocycles. The van der Waals surface area contributed by atoms with Gasteiger partial charge in [-0.15, -0.1) is 0 Å². The van der Waals surface area contributed by atoms with E-state index in [0.29, 0.717) is 22.9 Å². The standard InChI is InChI=1S/C20H22N2O4/c1-13-9-14-7-5-6-8-16(14)22(13)12-19(23)21-15-10-17(24-2)20(26-4)18(11-15)25-3/h5-11H,12H2,1-4H3,(H,21,23). The van der Waals surface area contributed by atoms with Gasteiger partial charge in [-0.05, 0) is 24.4 Å². The van der Waals surface area contributed by atoms with Gasteiger partial charge in [0.2, 0.25) is 11.7 Å². The summed E-state index contributed by atoms with van der Waals surface area (Å²) >= 11 is 0. The van der Waals surface area contributed by atoms with Crippen molar-refractivity contribution >= 4 is 22.5 Å². The van der Waals surface area contributed by atoms with E-state index in [2.05, 4.69) is 11.4 Å². The second kappa shape index (κ2) is 7.39. The number of methoxy groups -OCH3 is 3. The molecule has 6 heteroatoms. The number of ether oxygens (including phenoxy) is 3. The summed E-state index contributed by atoms with van der Waals surface area (Å²) in [5.41, 5.74) is 2.65. The van der Waals surface area contributed by atoms with Crippen LogP contribution >= 0.6 is 0 Å². The number of amides is 1. The second-order valence-electron chi connectivity index (χ2n) is 5.89. The van der Waals surface area contributed by atoms with Crippen LogP contribution in [0.5, 0.6) is 17.2 Å². The molecular formula is C20H22N2O4. The number of para-hydroxylation sites is 1. The van der Waals surface area contributed by atoms with E-state index >= 15 is 0 Å². The van der Waals surface area contributed by atoms with Crippen LogP contribution in [0.3, 0.4) is 0 Å². The highest BCUT2D eigenvalue weighted by Crippen LogP contribution is 2.39. The molecule has 0 spiro atoms. The Morgan fingerprint density at radius 2 is 1.65 bits per heavy atom. The second-order valence-corrected chi connectivity index (χ2v) is 5.89. The minimum atomic E-state index is -0.135. The molecule has 0 radical (unpaired) electrons. The summed E-state index contributed by atoms with van der Waals surface area (Å²) in [6.45, 7) is 2.21. The summed E-state index contributed by atoms with van der Waals surface area (Å²) < 4.78 is 17.9. The SMILES string of the molecule is COc1cc(NC(=O)Cn2c(C)cc3ccccc32)cc(OC)c1OC. The van der Waals surface area contributed by atoms with E-state index in [0.717, 1.165) is 16.6 Å². The Hall–Kier alpha value is -3.15. The molecule has 0 aliphatic carbocycles. The van der Waals surface area contributed by atoms with Gasteiger partial charge >= 0.3 is 0 Å². The van der Waals surface area contributed by atoms with Crippen molar-refractivity contribution < 1.29 is 19.0 Å². The van der Waals surface area contributed by atoms with Gasteiger partial charge in [-0.1, -0.05) is 18.2 Å². The predicted molar refractivity (Wildman–Crippen MR) is 101 cm³/mol.